The zero-order valence-electron chi connectivity index (χ0n) is 64.3. The average Bonchev–Trinajstić information content (AvgIpc) is 0.780. The van der Waals surface area contributed by atoms with Crippen molar-refractivity contribution in [3.05, 3.63) is 71.8 Å². The predicted molar refractivity (Wildman–Crippen MR) is 398 cm³/mol. The van der Waals surface area contributed by atoms with E-state index in [0.29, 0.717) is 37.7 Å². The number of carbonyl (C=O) groups is 4. The molecule has 4 rings (SSSR count). The maximum atomic E-state index is 13.6. The largest absolute Gasteiger partial charge is 0.465 e. The summed E-state index contributed by atoms with van der Waals surface area (Å²) in [6.45, 7) is 45.4. The van der Waals surface area contributed by atoms with Gasteiger partial charge in [-0.25, -0.2) is 21.6 Å². The Kier molecular flexibility index (Phi) is 38.3. The van der Waals surface area contributed by atoms with Gasteiger partial charge in [0.25, 0.3) is 0 Å². The van der Waals surface area contributed by atoms with E-state index in [1.807, 2.05) is 65.5 Å². The first-order valence-corrected chi connectivity index (χ1v) is 38.1. The van der Waals surface area contributed by atoms with Crippen LogP contribution in [0.1, 0.15) is 201 Å². The zero-order valence-corrected chi connectivity index (χ0v) is 67.5. The summed E-state index contributed by atoms with van der Waals surface area (Å²) >= 11 is 12.9. The summed E-state index contributed by atoms with van der Waals surface area (Å²) in [5.41, 5.74) is -3.00. The van der Waals surface area contributed by atoms with Crippen LogP contribution in [0.2, 0.25) is 0 Å². The normalized spacial score (nSPS) is 18.4. The first-order valence-electron chi connectivity index (χ1n) is 34.1. The average molecular weight is 1480 g/mol. The lowest BCUT2D eigenvalue weighted by atomic mass is 9.79. The van der Waals surface area contributed by atoms with Crippen molar-refractivity contribution in [2.24, 2.45) is 5.41 Å². The molecule has 0 aliphatic carbocycles. The summed E-state index contributed by atoms with van der Waals surface area (Å²) in [4.78, 5) is 66.3. The van der Waals surface area contributed by atoms with Gasteiger partial charge in [0.2, 0.25) is 0 Å². The molecule has 0 spiro atoms. The van der Waals surface area contributed by atoms with Crippen molar-refractivity contribution in [1.82, 2.24) is 24.8 Å². The highest BCUT2D eigenvalue weighted by Gasteiger charge is 2.53. The fourth-order valence-electron chi connectivity index (χ4n) is 11.5. The summed E-state index contributed by atoms with van der Waals surface area (Å²) in [6.07, 6.45) is 4.22. The molecule has 25 heteroatoms. The minimum absolute atomic E-state index is 0. The van der Waals surface area contributed by atoms with E-state index in [0.717, 1.165) is 56.6 Å². The number of aryl methyl sites for hydroxylation is 2. The van der Waals surface area contributed by atoms with Gasteiger partial charge in [0.1, 0.15) is 17.1 Å². The molecule has 2 fully saturated rings. The number of halogens is 2. The van der Waals surface area contributed by atoms with Crippen molar-refractivity contribution >= 4 is 66.8 Å². The minimum Gasteiger partial charge on any atom is -0.465 e. The fourth-order valence-corrected chi connectivity index (χ4v) is 15.6. The number of carbonyl (C=O) groups excluding carboxylic acids is 4. The van der Waals surface area contributed by atoms with Crippen LogP contribution in [-0.2, 0) is 67.5 Å². The highest BCUT2D eigenvalue weighted by Crippen LogP contribution is 2.44. The molecule has 0 amide bonds. The molecule has 574 valence electrons. The van der Waals surface area contributed by atoms with E-state index in [1.165, 1.54) is 45.0 Å². The monoisotopic (exact) mass is 1480 g/mol. The van der Waals surface area contributed by atoms with Gasteiger partial charge in [-0.15, -0.1) is 23.2 Å². The number of hydrogen-bond donors (Lipinski definition) is 2. The first kappa shape index (κ1) is 95.2. The second-order valence-corrected chi connectivity index (χ2v) is 37.5. The van der Waals surface area contributed by atoms with Crippen LogP contribution in [0.15, 0.2) is 70.5 Å². The van der Waals surface area contributed by atoms with Crippen LogP contribution in [0.3, 0.4) is 0 Å². The number of aliphatic hydroxyl groups is 2. The van der Waals surface area contributed by atoms with E-state index in [-0.39, 0.29) is 73.2 Å². The molecular formula is C74H131Cl2N5O16S2. The number of esters is 4. The molecular weight excluding hydrogens is 1350 g/mol. The van der Waals surface area contributed by atoms with Crippen LogP contribution in [0.4, 0.5) is 0 Å². The molecule has 2 aliphatic rings. The lowest BCUT2D eigenvalue weighted by Crippen LogP contribution is -2.63. The van der Waals surface area contributed by atoms with Crippen LogP contribution in [-0.4, -0.2) is 230 Å². The molecule has 2 N–H and O–H groups in total. The van der Waals surface area contributed by atoms with Crippen molar-refractivity contribution in [1.29, 1.82) is 0 Å². The summed E-state index contributed by atoms with van der Waals surface area (Å²) < 4.78 is 73.5. The number of hydroxylamine groups is 4. The molecule has 3 unspecified atom stereocenters. The van der Waals surface area contributed by atoms with E-state index < -0.39 is 92.6 Å². The topological polar surface area (TPSA) is 249 Å². The molecule has 0 saturated carbocycles. The lowest BCUT2D eigenvalue weighted by molar-refractivity contribution is -0.307. The summed E-state index contributed by atoms with van der Waals surface area (Å²) in [6, 6.07) is 12.8. The first-order chi connectivity index (χ1) is 44.4. The summed E-state index contributed by atoms with van der Waals surface area (Å²) in [5, 5.41) is 23.9. The number of hydrogen-bond acceptors (Lipinski definition) is 21. The van der Waals surface area contributed by atoms with Gasteiger partial charge in [-0.3, -0.25) is 24.1 Å². The van der Waals surface area contributed by atoms with Crippen LogP contribution < -0.4 is 0 Å². The molecule has 3 atom stereocenters. The number of likely N-dealkylation sites (N-methyl/N-ethyl adjacent to an activating group) is 3. The number of unbranched alkanes of at least 4 members (excludes halogenated alkanes) is 2. The van der Waals surface area contributed by atoms with Gasteiger partial charge >= 0.3 is 23.9 Å². The number of sulfone groups is 2. The predicted octanol–water partition coefficient (Wildman–Crippen LogP) is 12.4. The summed E-state index contributed by atoms with van der Waals surface area (Å²) in [5.74, 6) is -3.58. The van der Waals surface area contributed by atoms with Crippen LogP contribution in [0, 0.1) is 19.3 Å². The van der Waals surface area contributed by atoms with Gasteiger partial charge in [0.15, 0.2) is 24.5 Å². The van der Waals surface area contributed by atoms with E-state index >= 15 is 0 Å². The molecule has 2 saturated heterocycles. The SMILES string of the molecule is C.C=C(C)C(=O)OC1CC(C)(C)N(OCC(C)(C)O)C(C)(C)C1.CCCCOC(=O)C(C)(CC(C)(Cl)C(=O)OC1CC(C)(C)N(OCC(C)(C)O)C(C)(C)C1)CS(=O)(=O)c1ccc(C)cc1.CCCCOC(=O)C(C)(Cl)CS(=O)(=O)c1ccc(C)cc1.CN(C)CCN(C)CCN(C)C. The molecule has 2 heterocycles. The van der Waals surface area contributed by atoms with Crippen molar-refractivity contribution < 1.29 is 74.8 Å². The standard InChI is InChI=1S/C32H52ClNO8S.C17H31NO4.C15H21ClO4S.C9H23N3.CH4/c1-11-12-17-40-26(35)31(9,22-43(38,39)25-15-13-23(2)14-16-25)20-32(10,33)27(36)42-24-18-28(3,4)34(29(5,6)19-24)41-21-30(7,8)37;1-12(2)14(19)22-13-9-15(3,4)18(16(5,6)10-13)21-11-17(7,8)20;1-4-5-10-20-14(17)15(3,16)11-21(18,19)13-8-6-12(2)7-9-13;1-10(2)6-8-12(5)9-7-11(3)4;/h13-16,24,37H,11-12,17-22H2,1-10H3;13,20H,1,9-11H2,2-8H3;6-9H,4-5,10-11H2,1-3H3;6-9H2,1-5H3;1H4. The second-order valence-electron chi connectivity index (χ2n) is 31.8. The number of ether oxygens (including phenoxy) is 4. The second kappa shape index (κ2) is 39.9. The van der Waals surface area contributed by atoms with Crippen LogP contribution in [0.5, 0.6) is 0 Å². The third-order valence-electron chi connectivity index (χ3n) is 16.2. The lowest BCUT2D eigenvalue weighted by Gasteiger charge is -2.53. The van der Waals surface area contributed by atoms with Gasteiger partial charge < -0.3 is 43.9 Å². The van der Waals surface area contributed by atoms with Gasteiger partial charge in [0.05, 0.1) is 64.3 Å². The van der Waals surface area contributed by atoms with Crippen molar-refractivity contribution in [3.63, 3.8) is 0 Å². The van der Waals surface area contributed by atoms with E-state index in [2.05, 4.69) is 84.2 Å². The third kappa shape index (κ3) is 34.6. The third-order valence-corrected chi connectivity index (χ3v) is 20.9. The van der Waals surface area contributed by atoms with Crippen LogP contribution >= 0.6 is 23.2 Å². The highest BCUT2D eigenvalue weighted by atomic mass is 35.5. The Hall–Kier alpha value is -3.82. The maximum absolute atomic E-state index is 13.6. The van der Waals surface area contributed by atoms with E-state index in [1.54, 1.807) is 58.9 Å². The van der Waals surface area contributed by atoms with Gasteiger partial charge in [-0.2, -0.15) is 10.1 Å². The van der Waals surface area contributed by atoms with E-state index in [4.69, 9.17) is 51.8 Å². The zero-order chi connectivity index (χ0) is 76.1. The molecule has 21 nitrogen and oxygen atoms in total. The smallest absolute Gasteiger partial charge is 0.333 e. The van der Waals surface area contributed by atoms with Crippen molar-refractivity contribution in [2.45, 2.75) is 269 Å². The number of piperidine rings is 2. The molecule has 0 radical (unpaired) electrons. The highest BCUT2D eigenvalue weighted by molar-refractivity contribution is 7.91. The minimum atomic E-state index is -3.94. The number of alkyl halides is 2. The maximum Gasteiger partial charge on any atom is 0.333 e. The number of nitrogens with zero attached hydrogens (tertiary/aromatic N) is 5. The summed E-state index contributed by atoms with van der Waals surface area (Å²) in [7, 11) is 3.04. The molecule has 2 aliphatic heterocycles. The molecule has 0 bridgehead atoms. The molecule has 0 aromatic heterocycles. The Morgan fingerprint density at radius 2 is 0.889 bits per heavy atom. The molecule has 2 aromatic rings. The van der Waals surface area contributed by atoms with E-state index in [9.17, 15) is 46.2 Å². The Labute approximate surface area is 608 Å². The van der Waals surface area contributed by atoms with Gasteiger partial charge in [-0.05, 0) is 203 Å². The molecule has 2 aromatic carbocycles. The Morgan fingerprint density at radius 3 is 1.21 bits per heavy atom. The van der Waals surface area contributed by atoms with Gasteiger partial charge in [0, 0.05) is 79.6 Å². The fraction of sp³-hybridized carbons (Fsp3) is 0.757. The number of rotatable bonds is 32. The van der Waals surface area contributed by atoms with Crippen molar-refractivity contribution in [3.8, 4) is 0 Å². The quantitative estimate of drug-likeness (QED) is 0.0227. The Balaban J connectivity index is 0.00000144. The molecule has 99 heavy (non-hydrogen) atoms. The van der Waals surface area contributed by atoms with Crippen molar-refractivity contribution in [2.75, 3.05) is 99.4 Å². The Morgan fingerprint density at radius 1 is 0.556 bits per heavy atom. The van der Waals surface area contributed by atoms with Crippen LogP contribution in [0.25, 0.3) is 0 Å². The van der Waals surface area contributed by atoms with Gasteiger partial charge in [-0.1, -0.05) is 76.1 Å². The number of benzene rings is 2. The Bertz CT molecular complexity index is 3000.